The highest BCUT2D eigenvalue weighted by molar-refractivity contribution is 8.00. The van der Waals surface area contributed by atoms with Crippen molar-refractivity contribution < 1.29 is 22.0 Å². The summed E-state index contributed by atoms with van der Waals surface area (Å²) in [6.07, 6.45) is 10.9. The minimum absolute atomic E-state index is 0.0231. The normalized spacial score (nSPS) is 24.4. The van der Waals surface area contributed by atoms with Gasteiger partial charge in [0.15, 0.2) is 0 Å². The monoisotopic (exact) mass is 1840 g/mol. The van der Waals surface area contributed by atoms with Gasteiger partial charge >= 0.3 is 6.18 Å². The zero-order chi connectivity index (χ0) is 89.0. The number of hydrogen-bond acceptors (Lipinski definition) is 30. The van der Waals surface area contributed by atoms with Gasteiger partial charge in [0.2, 0.25) is 23.8 Å². The van der Waals surface area contributed by atoms with Gasteiger partial charge in [-0.15, -0.1) is 0 Å². The van der Waals surface area contributed by atoms with Crippen LogP contribution < -0.4 is 99.2 Å². The van der Waals surface area contributed by atoms with E-state index in [-0.39, 0.29) is 111 Å². The van der Waals surface area contributed by atoms with Crippen molar-refractivity contribution in [1.29, 1.82) is 0 Å². The van der Waals surface area contributed by atoms with E-state index in [4.69, 9.17) is 92.1 Å². The maximum Gasteiger partial charge on any atom is 0.393 e. The first-order chi connectivity index (χ1) is 58.1. The maximum atomic E-state index is 14.4. The molecule has 10 atom stereocenters. The van der Waals surface area contributed by atoms with Crippen LogP contribution in [0.25, 0.3) is 0 Å². The van der Waals surface area contributed by atoms with Gasteiger partial charge in [-0.05, 0) is 173 Å². The first kappa shape index (κ1) is 92.5. The molecule has 20 N–H and O–H groups in total. The lowest BCUT2D eigenvalue weighted by Gasteiger charge is -2.43. The highest BCUT2D eigenvalue weighted by Gasteiger charge is 2.60. The SMILES string of the molecule is C[C@@H]1CC2(CCN(c3nc(N)c(Sc4ccnc(N)c4Cl)c(=O)n3C)CC2)[C@@H](N)[C@H]1F.C[C@H]1C[C@@H](N)C2(CCN(c3nc(N)c(Sc4cccnc4Cl)c(=O)n3C)CC2)C1.Cc1ncccc1Sc1c(N)nc(N2CCC3(CC2)C[C@H](C)[C@@H](C(F)(F)F)[C@H]3N)n(C)c1=O.Cn1c(N2CCC3(CC2)C[C@H](F)C[C@H]3N)nc(N)c(Sc2ccnc(N)c2Cl)c1=O. The van der Waals surface area contributed by atoms with Crippen molar-refractivity contribution in [2.75, 3.05) is 106 Å². The Hall–Kier alpha value is -8.12. The molecule has 0 aromatic carbocycles. The number of aromatic nitrogens is 12. The molecule has 123 heavy (non-hydrogen) atoms. The third-order valence-corrected chi connectivity index (χ3v) is 32.8. The smallest absolute Gasteiger partial charge is 0.382 e. The second-order valence-corrected chi connectivity index (χ2v) is 39.7. The number of nitrogens with zero attached hydrogens (tertiary/aromatic N) is 16. The Kier molecular flexibility index (Phi) is 27.9. The number of halogens is 8. The number of piperidine rings is 4. The molecule has 8 aromatic heterocycles. The predicted molar refractivity (Wildman–Crippen MR) is 480 cm³/mol. The van der Waals surface area contributed by atoms with Crippen molar-refractivity contribution >= 4 is 141 Å². The van der Waals surface area contributed by atoms with E-state index >= 15 is 0 Å². The third-order valence-electron chi connectivity index (χ3n) is 26.7. The molecular weight excluding hydrogens is 1730 g/mol. The molecule has 8 fully saturated rings. The van der Waals surface area contributed by atoms with Crippen molar-refractivity contribution in [2.45, 2.75) is 199 Å². The fraction of sp³-hybridized carbons (Fsp3) is 0.556. The first-order valence-electron chi connectivity index (χ1n) is 41.0. The highest BCUT2D eigenvalue weighted by Crippen LogP contribution is 2.57. The van der Waals surface area contributed by atoms with E-state index < -0.39 is 47.9 Å². The van der Waals surface area contributed by atoms with Gasteiger partial charge in [-0.2, -0.15) is 33.1 Å². The number of nitrogens with two attached hydrogens (primary N) is 10. The lowest BCUT2D eigenvalue weighted by Crippen LogP contribution is -2.51. The molecular formula is C81H108Cl3F5N26O4S4. The summed E-state index contributed by atoms with van der Waals surface area (Å²) >= 11 is 23.2. The topological polar surface area (TPSA) is 464 Å². The van der Waals surface area contributed by atoms with Gasteiger partial charge in [-0.3, -0.25) is 42.4 Å². The van der Waals surface area contributed by atoms with Gasteiger partial charge in [-0.1, -0.05) is 103 Å². The molecule has 4 saturated carbocycles. The predicted octanol–water partition coefficient (Wildman–Crippen LogP) is 10.9. The molecule has 666 valence electrons. The summed E-state index contributed by atoms with van der Waals surface area (Å²) in [4.78, 5) is 98.5. The molecule has 0 radical (unpaired) electrons. The number of anilines is 10. The van der Waals surface area contributed by atoms with E-state index in [1.165, 1.54) is 56.0 Å². The van der Waals surface area contributed by atoms with Crippen LogP contribution >= 0.6 is 81.9 Å². The fourth-order valence-electron chi connectivity index (χ4n) is 19.8. The summed E-state index contributed by atoms with van der Waals surface area (Å²) in [6, 6.07) is 9.37. The molecule has 8 aliphatic rings. The van der Waals surface area contributed by atoms with Crippen LogP contribution in [0.2, 0.25) is 15.2 Å². The fourth-order valence-corrected chi connectivity index (χ4v) is 24.1. The zero-order valence-corrected chi connectivity index (χ0v) is 75.4. The highest BCUT2D eigenvalue weighted by atomic mass is 35.5. The van der Waals surface area contributed by atoms with E-state index in [0.29, 0.717) is 131 Å². The Morgan fingerprint density at radius 2 is 0.764 bits per heavy atom. The van der Waals surface area contributed by atoms with Gasteiger partial charge in [0.1, 0.15) is 72.0 Å². The average Bonchev–Trinajstić information content (AvgIpc) is 1.62. The number of nitrogen functional groups attached to an aromatic ring is 6. The Labute approximate surface area is 741 Å². The molecule has 30 nitrogen and oxygen atoms in total. The lowest BCUT2D eigenvalue weighted by atomic mass is 9.73. The van der Waals surface area contributed by atoms with Crippen molar-refractivity contribution in [2.24, 2.45) is 96.5 Å². The molecule has 16 rings (SSSR count). The van der Waals surface area contributed by atoms with Crippen LogP contribution in [0.15, 0.2) is 120 Å². The minimum atomic E-state index is -4.29. The molecule has 4 spiro atoms. The van der Waals surface area contributed by atoms with E-state index in [0.717, 1.165) is 98.6 Å². The minimum Gasteiger partial charge on any atom is -0.382 e. The number of rotatable bonds is 12. The van der Waals surface area contributed by atoms with Crippen LogP contribution in [0.5, 0.6) is 0 Å². The van der Waals surface area contributed by atoms with E-state index in [9.17, 15) is 41.1 Å². The van der Waals surface area contributed by atoms with Gasteiger partial charge in [0.05, 0.1) is 21.7 Å². The van der Waals surface area contributed by atoms with Gasteiger partial charge in [0, 0.05) is 149 Å². The van der Waals surface area contributed by atoms with Crippen molar-refractivity contribution in [3.8, 4) is 0 Å². The van der Waals surface area contributed by atoms with E-state index in [1.807, 2.05) is 40.7 Å². The standard InChI is InChI=1S/C22H29F3N6OS.C20H27ClFN7OS.C20H27ClN6OS.C19H25ClFN7OS/c1-12-11-21(17(26)15(12)22(23,24)25)6-9-31(10-7-21)20-29-18(27)16(19(32)30(20)3)33-14-5-4-8-28-13(14)2;1-10-9-20(15(23)13(10)22)4-7-29(8-5-20)19-27-17(25)14(18(30)28(19)2)31-11-3-6-26-16(24)12(11)21;1-12-10-14(22)20(11-12)5-8-27(9-6-20)19-25-17(23)15(18(28)26(19)2)29-13-4-3-7-24-16(13)21;1-27-17(29)14(30-11-2-5-25-15(23)13(11)20)16(24)26-18(27)28-6-3-19(4-7-28)9-10(21)8-12(19)22/h4-5,8,12,15,17H,6-7,9-11,26-27H2,1-3H3;3,6,10,13,15H,4-5,7-9,23,25H2,1-2H3,(H2,24,26);3-4,7,12,14H,5-6,8-11,22-23H2,1-2H3;2,5,10,12H,3-4,6-9,22,24H2,1H3,(H2,23,25)/t12-,15+,17+;10-,13+,15+;12-,14+;10-,12-/m0101/s1. The molecule has 8 aromatic rings. The van der Waals surface area contributed by atoms with Crippen LogP contribution in [-0.4, -0.2) is 153 Å². The van der Waals surface area contributed by atoms with E-state index in [1.54, 1.807) is 76.3 Å². The van der Waals surface area contributed by atoms with Crippen LogP contribution in [-0.2, 0) is 28.2 Å². The van der Waals surface area contributed by atoms with Crippen LogP contribution in [0.3, 0.4) is 0 Å². The Morgan fingerprint density at radius 1 is 0.423 bits per heavy atom. The van der Waals surface area contributed by atoms with Crippen LogP contribution in [0.4, 0.5) is 80.7 Å². The Morgan fingerprint density at radius 3 is 1.10 bits per heavy atom. The summed E-state index contributed by atoms with van der Waals surface area (Å²) in [7, 11) is 6.71. The van der Waals surface area contributed by atoms with Gasteiger partial charge in [0.25, 0.3) is 22.2 Å². The average molecular weight is 1840 g/mol. The molecule has 0 amide bonds. The maximum absolute atomic E-state index is 14.4. The second-order valence-electron chi connectivity index (χ2n) is 34.4. The van der Waals surface area contributed by atoms with Crippen molar-refractivity contribution in [3.63, 3.8) is 0 Å². The first-order valence-corrected chi connectivity index (χ1v) is 45.4. The molecule has 12 heterocycles. The summed E-state index contributed by atoms with van der Waals surface area (Å²) in [5, 5.41) is 0.882. The molecule has 4 aliphatic heterocycles. The quantitative estimate of drug-likeness (QED) is 0.0401. The van der Waals surface area contributed by atoms with Crippen molar-refractivity contribution in [1.82, 2.24) is 58.1 Å². The molecule has 4 saturated heterocycles. The summed E-state index contributed by atoms with van der Waals surface area (Å²) < 4.78 is 74.9. The molecule has 42 heteroatoms. The van der Waals surface area contributed by atoms with Gasteiger partial charge in [-0.25, -0.2) is 23.7 Å². The molecule has 4 aliphatic carbocycles. The zero-order valence-electron chi connectivity index (χ0n) is 69.8. The summed E-state index contributed by atoms with van der Waals surface area (Å²) in [5.41, 5.74) is 60.5. The number of pyridine rings is 4. The largest absolute Gasteiger partial charge is 0.393 e. The van der Waals surface area contributed by atoms with Gasteiger partial charge < -0.3 is 76.9 Å². The van der Waals surface area contributed by atoms with Crippen molar-refractivity contribution in [3.05, 3.63) is 123 Å². The number of aryl methyl sites for hydroxylation is 1. The molecule has 0 bridgehead atoms. The molecule has 0 unspecified atom stereocenters. The Balaban J connectivity index is 0.000000141. The Bertz CT molecular complexity index is 5470. The van der Waals surface area contributed by atoms with Crippen LogP contribution in [0, 0.1) is 52.3 Å². The summed E-state index contributed by atoms with van der Waals surface area (Å²) in [5.74, 6) is 1.70. The lowest BCUT2D eigenvalue weighted by molar-refractivity contribution is -0.187. The second kappa shape index (κ2) is 37.1. The number of alkyl halides is 5. The number of hydrogen-bond donors (Lipinski definition) is 10. The van der Waals surface area contributed by atoms with E-state index in [2.05, 4.69) is 51.7 Å². The summed E-state index contributed by atoms with van der Waals surface area (Å²) in [6.45, 7) is 12.9. The third kappa shape index (κ3) is 18.7. The van der Waals surface area contributed by atoms with Crippen LogP contribution in [0.1, 0.15) is 116 Å².